The van der Waals surface area contributed by atoms with Gasteiger partial charge in [-0.05, 0) is 24.1 Å². The van der Waals surface area contributed by atoms with E-state index in [1.165, 1.54) is 0 Å². The fourth-order valence-corrected chi connectivity index (χ4v) is 1.59. The maximum atomic E-state index is 11.9. The number of benzene rings is 1. The van der Waals surface area contributed by atoms with E-state index in [-0.39, 0.29) is 12.5 Å². The third kappa shape index (κ3) is 3.72. The number of hydrogen-bond acceptors (Lipinski definition) is 2. The van der Waals surface area contributed by atoms with Gasteiger partial charge >= 0.3 is 0 Å². The minimum atomic E-state index is -0.548. The molecule has 0 bridgehead atoms. The highest BCUT2D eigenvalue weighted by molar-refractivity contribution is 6.30. The van der Waals surface area contributed by atoms with E-state index >= 15 is 0 Å². The van der Waals surface area contributed by atoms with Gasteiger partial charge in [0.2, 0.25) is 0 Å². The minimum Gasteiger partial charge on any atom is -0.286 e. The highest BCUT2D eigenvalue weighted by Crippen LogP contribution is 2.23. The highest BCUT2D eigenvalue weighted by Gasteiger charge is 2.29. The summed E-state index contributed by atoms with van der Waals surface area (Å²) in [5.41, 5.74) is 0.258. The van der Waals surface area contributed by atoms with Crippen molar-refractivity contribution in [3.8, 4) is 0 Å². The van der Waals surface area contributed by atoms with E-state index in [2.05, 4.69) is 0 Å². The maximum Gasteiger partial charge on any atom is 0.251 e. The van der Waals surface area contributed by atoms with Gasteiger partial charge in [-0.15, -0.1) is 0 Å². The predicted octanol–water partition coefficient (Wildman–Crippen LogP) is 3.49. The number of nitrogens with zero attached hydrogens (tertiary/aromatic N) is 1. The van der Waals surface area contributed by atoms with Crippen LogP contribution in [0.1, 0.15) is 32.8 Å². The molecule has 1 rings (SSSR count). The van der Waals surface area contributed by atoms with Crippen molar-refractivity contribution in [1.82, 2.24) is 5.06 Å². The molecule has 0 atom stereocenters. The Bertz CT molecular complexity index is 404. The van der Waals surface area contributed by atoms with Crippen molar-refractivity contribution in [2.45, 2.75) is 33.7 Å². The van der Waals surface area contributed by atoms with Crippen LogP contribution >= 0.6 is 11.6 Å². The zero-order chi connectivity index (χ0) is 13.1. The van der Waals surface area contributed by atoms with Crippen LogP contribution in [0.15, 0.2) is 24.3 Å². The number of rotatable bonds is 4. The molecule has 1 aromatic carbocycles. The summed E-state index contributed by atoms with van der Waals surface area (Å²) in [7, 11) is 0. The Morgan fingerprint density at radius 1 is 1.47 bits per heavy atom. The normalized spacial score (nSPS) is 11.4. The van der Waals surface area contributed by atoms with Crippen molar-refractivity contribution in [2.75, 3.05) is 0 Å². The van der Waals surface area contributed by atoms with E-state index in [0.717, 1.165) is 10.6 Å². The molecule has 0 aliphatic rings. The van der Waals surface area contributed by atoms with Gasteiger partial charge in [-0.25, -0.2) is 5.06 Å². The van der Waals surface area contributed by atoms with Gasteiger partial charge in [-0.2, -0.15) is 0 Å². The predicted molar refractivity (Wildman–Crippen MR) is 67.9 cm³/mol. The minimum absolute atomic E-state index is 0.156. The van der Waals surface area contributed by atoms with Crippen LogP contribution in [0.3, 0.4) is 0 Å². The second kappa shape index (κ2) is 5.52. The van der Waals surface area contributed by atoms with Gasteiger partial charge in [0.15, 0.2) is 0 Å². The van der Waals surface area contributed by atoms with Crippen LogP contribution in [0.5, 0.6) is 0 Å². The van der Waals surface area contributed by atoms with E-state index in [9.17, 15) is 10.0 Å². The molecule has 0 fully saturated rings. The van der Waals surface area contributed by atoms with E-state index in [1.807, 2.05) is 26.8 Å². The molecule has 0 spiro atoms. The molecule has 3 nitrogen and oxygen atoms in total. The lowest BCUT2D eigenvalue weighted by Crippen LogP contribution is -2.38. The van der Waals surface area contributed by atoms with Gasteiger partial charge in [0.05, 0.1) is 6.54 Å². The number of carbonyl (C=O) groups excluding carboxylic acids is 1. The molecule has 17 heavy (non-hydrogen) atoms. The topological polar surface area (TPSA) is 40.5 Å². The number of halogens is 1. The first-order valence-electron chi connectivity index (χ1n) is 5.62. The summed E-state index contributed by atoms with van der Waals surface area (Å²) in [4.78, 5) is 11.9. The molecule has 0 saturated heterocycles. The lowest BCUT2D eigenvalue weighted by atomic mass is 9.89. The smallest absolute Gasteiger partial charge is 0.251 e. The SMILES string of the molecule is CCC(C)(C)C(=O)N(O)Cc1cccc(Cl)c1. The van der Waals surface area contributed by atoms with Crippen LogP contribution in [0.25, 0.3) is 0 Å². The van der Waals surface area contributed by atoms with Gasteiger partial charge in [0.25, 0.3) is 5.91 Å². The zero-order valence-corrected chi connectivity index (χ0v) is 11.2. The lowest BCUT2D eigenvalue weighted by molar-refractivity contribution is -0.178. The standard InChI is InChI=1S/C13H18ClNO2/c1-4-13(2,3)12(16)15(17)9-10-6-5-7-11(14)8-10/h5-8,17H,4,9H2,1-3H3. The Morgan fingerprint density at radius 2 is 2.12 bits per heavy atom. The van der Waals surface area contributed by atoms with Crippen LogP contribution in [-0.4, -0.2) is 16.2 Å². The third-order valence-corrected chi connectivity index (χ3v) is 3.15. The maximum absolute atomic E-state index is 11.9. The average molecular weight is 256 g/mol. The van der Waals surface area contributed by atoms with Crippen LogP contribution < -0.4 is 0 Å². The van der Waals surface area contributed by atoms with Gasteiger partial charge < -0.3 is 0 Å². The van der Waals surface area contributed by atoms with E-state index in [4.69, 9.17) is 11.6 Å². The second-order valence-corrected chi connectivity index (χ2v) is 5.17. The van der Waals surface area contributed by atoms with Gasteiger partial charge in [0.1, 0.15) is 0 Å². The molecule has 0 saturated carbocycles. The Balaban J connectivity index is 2.73. The van der Waals surface area contributed by atoms with Crippen molar-refractivity contribution in [3.05, 3.63) is 34.9 Å². The summed E-state index contributed by atoms with van der Waals surface area (Å²) < 4.78 is 0. The summed E-state index contributed by atoms with van der Waals surface area (Å²) in [5, 5.41) is 11.1. The summed E-state index contributed by atoms with van der Waals surface area (Å²) in [6, 6.07) is 7.10. The molecular formula is C13H18ClNO2. The fourth-order valence-electron chi connectivity index (χ4n) is 1.38. The number of carbonyl (C=O) groups is 1. The fraction of sp³-hybridized carbons (Fsp3) is 0.462. The van der Waals surface area contributed by atoms with E-state index in [0.29, 0.717) is 11.4 Å². The lowest BCUT2D eigenvalue weighted by Gasteiger charge is -2.26. The van der Waals surface area contributed by atoms with Crippen molar-refractivity contribution in [1.29, 1.82) is 0 Å². The molecule has 1 aromatic rings. The molecule has 1 N–H and O–H groups in total. The van der Waals surface area contributed by atoms with Crippen molar-refractivity contribution in [3.63, 3.8) is 0 Å². The van der Waals surface area contributed by atoms with Gasteiger partial charge in [-0.1, -0.05) is 44.5 Å². The van der Waals surface area contributed by atoms with Gasteiger partial charge in [0, 0.05) is 10.4 Å². The largest absolute Gasteiger partial charge is 0.286 e. The first kappa shape index (κ1) is 14.0. The number of hydroxylamine groups is 2. The first-order chi connectivity index (χ1) is 7.86. The molecule has 0 aliphatic carbocycles. The summed E-state index contributed by atoms with van der Waals surface area (Å²) >= 11 is 5.84. The first-order valence-corrected chi connectivity index (χ1v) is 6.00. The molecule has 0 unspecified atom stereocenters. The van der Waals surface area contributed by atoms with Crippen molar-refractivity contribution in [2.24, 2.45) is 5.41 Å². The number of hydrogen-bond donors (Lipinski definition) is 1. The molecule has 0 heterocycles. The van der Waals surface area contributed by atoms with Crippen LogP contribution in [-0.2, 0) is 11.3 Å². The van der Waals surface area contributed by atoms with Gasteiger partial charge in [-0.3, -0.25) is 10.0 Å². The summed E-state index contributed by atoms with van der Waals surface area (Å²) in [6.45, 7) is 5.71. The monoisotopic (exact) mass is 255 g/mol. The van der Waals surface area contributed by atoms with E-state index in [1.54, 1.807) is 18.2 Å². The van der Waals surface area contributed by atoms with Crippen molar-refractivity contribution < 1.29 is 10.0 Å². The second-order valence-electron chi connectivity index (χ2n) is 4.73. The molecule has 0 aliphatic heterocycles. The van der Waals surface area contributed by atoms with Crippen LogP contribution in [0.4, 0.5) is 0 Å². The molecule has 94 valence electrons. The summed E-state index contributed by atoms with van der Waals surface area (Å²) in [5.74, 6) is -0.278. The van der Waals surface area contributed by atoms with Crippen LogP contribution in [0, 0.1) is 5.41 Å². The zero-order valence-electron chi connectivity index (χ0n) is 10.4. The quantitative estimate of drug-likeness (QED) is 0.661. The number of amides is 1. The Kier molecular flexibility index (Phi) is 4.54. The molecule has 0 radical (unpaired) electrons. The molecule has 4 heteroatoms. The molecule has 1 amide bonds. The molecule has 0 aromatic heterocycles. The van der Waals surface area contributed by atoms with E-state index < -0.39 is 5.41 Å². The highest BCUT2D eigenvalue weighted by atomic mass is 35.5. The summed E-state index contributed by atoms with van der Waals surface area (Å²) in [6.07, 6.45) is 0.679. The Morgan fingerprint density at radius 3 is 2.65 bits per heavy atom. The van der Waals surface area contributed by atoms with Crippen LogP contribution in [0.2, 0.25) is 5.02 Å². The van der Waals surface area contributed by atoms with Crippen molar-refractivity contribution >= 4 is 17.5 Å². The Labute approximate surface area is 107 Å². The Hall–Kier alpha value is -1.06. The molecular weight excluding hydrogens is 238 g/mol. The third-order valence-electron chi connectivity index (χ3n) is 2.92. The average Bonchev–Trinajstić information content (AvgIpc) is 2.28.